The fourth-order valence-corrected chi connectivity index (χ4v) is 1.47. The number of benzene rings is 1. The minimum Gasteiger partial charge on any atom is -0.454 e. The van der Waals surface area contributed by atoms with Crippen LogP contribution in [0.5, 0.6) is 11.5 Å². The summed E-state index contributed by atoms with van der Waals surface area (Å²) in [7, 11) is 3.43. The molecule has 0 spiro atoms. The fourth-order valence-electron chi connectivity index (χ4n) is 1.47. The van der Waals surface area contributed by atoms with Crippen LogP contribution in [0.2, 0.25) is 0 Å². The van der Waals surface area contributed by atoms with Gasteiger partial charge in [-0.3, -0.25) is 4.79 Å². The molecule has 2 rings (SSSR count). The Morgan fingerprint density at radius 3 is 2.78 bits per heavy atom. The third-order valence-electron chi connectivity index (χ3n) is 2.48. The first-order valence-corrected chi connectivity index (χ1v) is 5.62. The van der Waals surface area contributed by atoms with E-state index in [1.807, 2.05) is 30.4 Å². The Labute approximate surface area is 106 Å². The standard InChI is InChI=1S/C14H15NO3/c1-15(2)14(16)6-4-3-5-11-7-8-12-13(9-11)18-10-17-12/h3-9H,10H2,1-2H3/b5-3?,6-4+. The van der Waals surface area contributed by atoms with Crippen LogP contribution in [0.25, 0.3) is 6.08 Å². The summed E-state index contributed by atoms with van der Waals surface area (Å²) < 4.78 is 10.5. The molecule has 0 unspecified atom stereocenters. The quantitative estimate of drug-likeness (QED) is 0.604. The van der Waals surface area contributed by atoms with Gasteiger partial charge in [-0.1, -0.05) is 24.3 Å². The summed E-state index contributed by atoms with van der Waals surface area (Å²) in [5.74, 6) is 1.49. The van der Waals surface area contributed by atoms with Crippen LogP contribution in [0.1, 0.15) is 5.56 Å². The van der Waals surface area contributed by atoms with Crippen LogP contribution in [-0.2, 0) is 4.79 Å². The van der Waals surface area contributed by atoms with Gasteiger partial charge >= 0.3 is 0 Å². The second-order valence-corrected chi connectivity index (χ2v) is 4.06. The molecular weight excluding hydrogens is 230 g/mol. The third kappa shape index (κ3) is 2.91. The van der Waals surface area contributed by atoms with Gasteiger partial charge in [-0.25, -0.2) is 0 Å². The highest BCUT2D eigenvalue weighted by molar-refractivity contribution is 5.87. The highest BCUT2D eigenvalue weighted by Gasteiger charge is 2.11. The number of carbonyl (C=O) groups is 1. The largest absolute Gasteiger partial charge is 0.454 e. The lowest BCUT2D eigenvalue weighted by atomic mass is 10.2. The Hall–Kier alpha value is -2.23. The Morgan fingerprint density at radius 1 is 1.22 bits per heavy atom. The summed E-state index contributed by atoms with van der Waals surface area (Å²) in [5, 5.41) is 0. The average molecular weight is 245 g/mol. The van der Waals surface area contributed by atoms with Gasteiger partial charge in [-0.2, -0.15) is 0 Å². The molecule has 1 aliphatic rings. The number of rotatable bonds is 3. The van der Waals surface area contributed by atoms with E-state index in [9.17, 15) is 4.79 Å². The zero-order valence-corrected chi connectivity index (χ0v) is 10.4. The monoisotopic (exact) mass is 245 g/mol. The lowest BCUT2D eigenvalue weighted by molar-refractivity contribution is -0.123. The summed E-state index contributed by atoms with van der Waals surface area (Å²) in [6.07, 6.45) is 6.96. The van der Waals surface area contributed by atoms with Crippen LogP contribution in [0, 0.1) is 0 Å². The number of nitrogens with zero attached hydrogens (tertiary/aromatic N) is 1. The normalized spacial score (nSPS) is 13.4. The van der Waals surface area contributed by atoms with Crippen molar-refractivity contribution in [3.63, 3.8) is 0 Å². The average Bonchev–Trinajstić information content (AvgIpc) is 2.81. The molecule has 94 valence electrons. The highest BCUT2D eigenvalue weighted by Crippen LogP contribution is 2.32. The number of ether oxygens (including phenoxy) is 2. The van der Waals surface area contributed by atoms with Gasteiger partial charge in [-0.15, -0.1) is 0 Å². The molecule has 1 amide bonds. The topological polar surface area (TPSA) is 38.8 Å². The fraction of sp³-hybridized carbons (Fsp3) is 0.214. The van der Waals surface area contributed by atoms with Crippen molar-refractivity contribution in [2.75, 3.05) is 20.9 Å². The predicted octanol–water partition coefficient (Wildman–Crippen LogP) is 2.07. The van der Waals surface area contributed by atoms with E-state index in [1.165, 1.54) is 11.0 Å². The van der Waals surface area contributed by atoms with Crippen molar-refractivity contribution in [1.29, 1.82) is 0 Å². The number of hydrogen-bond acceptors (Lipinski definition) is 3. The maximum absolute atomic E-state index is 11.3. The molecular formula is C14H15NO3. The van der Waals surface area contributed by atoms with E-state index in [0.717, 1.165) is 17.1 Å². The van der Waals surface area contributed by atoms with Crippen molar-refractivity contribution < 1.29 is 14.3 Å². The first kappa shape index (κ1) is 12.2. The molecule has 0 radical (unpaired) electrons. The molecule has 4 nitrogen and oxygen atoms in total. The highest BCUT2D eigenvalue weighted by atomic mass is 16.7. The number of amides is 1. The maximum atomic E-state index is 11.3. The summed E-state index contributed by atoms with van der Waals surface area (Å²) in [6.45, 7) is 0.278. The lowest BCUT2D eigenvalue weighted by Crippen LogP contribution is -2.18. The Bertz CT molecular complexity index is 504. The van der Waals surface area contributed by atoms with Crippen LogP contribution in [0.15, 0.2) is 36.4 Å². The van der Waals surface area contributed by atoms with Gasteiger partial charge in [0, 0.05) is 20.2 Å². The molecule has 0 aliphatic carbocycles. The molecule has 0 atom stereocenters. The number of likely N-dealkylation sites (N-methyl/N-ethyl adjacent to an activating group) is 1. The SMILES string of the molecule is CN(C)C(=O)/C=C/C=Cc1ccc2c(c1)OCO2. The van der Waals surface area contributed by atoms with Gasteiger partial charge in [0.2, 0.25) is 12.7 Å². The number of fused-ring (bicyclic) bond motifs is 1. The Balaban J connectivity index is 1.99. The van der Waals surface area contributed by atoms with Crippen molar-refractivity contribution >= 4 is 12.0 Å². The summed E-state index contributed by atoms with van der Waals surface area (Å²) in [4.78, 5) is 12.8. The molecule has 1 aliphatic heterocycles. The maximum Gasteiger partial charge on any atom is 0.246 e. The molecule has 0 bridgehead atoms. The smallest absolute Gasteiger partial charge is 0.246 e. The molecule has 1 heterocycles. The van der Waals surface area contributed by atoms with Crippen molar-refractivity contribution in [2.45, 2.75) is 0 Å². The molecule has 0 saturated heterocycles. The lowest BCUT2D eigenvalue weighted by Gasteiger charge is -2.04. The summed E-state index contributed by atoms with van der Waals surface area (Å²) in [6, 6.07) is 5.71. The number of allylic oxidation sites excluding steroid dienone is 2. The molecule has 0 saturated carbocycles. The third-order valence-corrected chi connectivity index (χ3v) is 2.48. The van der Waals surface area contributed by atoms with Crippen molar-refractivity contribution in [1.82, 2.24) is 4.90 Å². The second-order valence-electron chi connectivity index (χ2n) is 4.06. The van der Waals surface area contributed by atoms with E-state index in [-0.39, 0.29) is 12.7 Å². The van der Waals surface area contributed by atoms with Gasteiger partial charge in [0.05, 0.1) is 0 Å². The van der Waals surface area contributed by atoms with Crippen molar-refractivity contribution in [2.24, 2.45) is 0 Å². The zero-order valence-electron chi connectivity index (χ0n) is 10.4. The van der Waals surface area contributed by atoms with Crippen LogP contribution < -0.4 is 9.47 Å². The first-order chi connectivity index (χ1) is 8.66. The van der Waals surface area contributed by atoms with E-state index in [2.05, 4.69) is 0 Å². The van der Waals surface area contributed by atoms with Gasteiger partial charge in [-0.05, 0) is 17.7 Å². The number of hydrogen-bond donors (Lipinski definition) is 0. The molecule has 1 aromatic rings. The molecule has 18 heavy (non-hydrogen) atoms. The van der Waals surface area contributed by atoms with Crippen LogP contribution in [0.3, 0.4) is 0 Å². The predicted molar refractivity (Wildman–Crippen MR) is 69.4 cm³/mol. The van der Waals surface area contributed by atoms with Gasteiger partial charge in [0.15, 0.2) is 11.5 Å². The van der Waals surface area contributed by atoms with E-state index >= 15 is 0 Å². The van der Waals surface area contributed by atoms with Gasteiger partial charge < -0.3 is 14.4 Å². The molecule has 0 fully saturated rings. The minimum atomic E-state index is -0.0367. The molecule has 4 heteroatoms. The Kier molecular flexibility index (Phi) is 3.67. The van der Waals surface area contributed by atoms with Crippen LogP contribution in [-0.4, -0.2) is 31.7 Å². The number of carbonyl (C=O) groups excluding carboxylic acids is 1. The summed E-state index contributed by atoms with van der Waals surface area (Å²) >= 11 is 0. The van der Waals surface area contributed by atoms with E-state index < -0.39 is 0 Å². The zero-order chi connectivity index (χ0) is 13.0. The van der Waals surface area contributed by atoms with Crippen molar-refractivity contribution in [3.8, 4) is 11.5 Å². The second kappa shape index (κ2) is 5.40. The minimum absolute atomic E-state index is 0.0367. The van der Waals surface area contributed by atoms with E-state index in [1.54, 1.807) is 20.2 Å². The van der Waals surface area contributed by atoms with Crippen LogP contribution >= 0.6 is 0 Å². The van der Waals surface area contributed by atoms with E-state index in [4.69, 9.17) is 9.47 Å². The van der Waals surface area contributed by atoms with Crippen LogP contribution in [0.4, 0.5) is 0 Å². The van der Waals surface area contributed by atoms with Gasteiger partial charge in [0.25, 0.3) is 0 Å². The summed E-state index contributed by atoms with van der Waals surface area (Å²) in [5.41, 5.74) is 1.00. The van der Waals surface area contributed by atoms with Crippen molar-refractivity contribution in [3.05, 3.63) is 42.0 Å². The van der Waals surface area contributed by atoms with E-state index in [0.29, 0.717) is 0 Å². The molecule has 0 aromatic heterocycles. The molecule has 0 N–H and O–H groups in total. The van der Waals surface area contributed by atoms with Gasteiger partial charge in [0.1, 0.15) is 0 Å². The first-order valence-electron chi connectivity index (χ1n) is 5.62. The molecule has 1 aromatic carbocycles. The Morgan fingerprint density at radius 2 is 2.00 bits per heavy atom.